The van der Waals surface area contributed by atoms with Gasteiger partial charge < -0.3 is 21.4 Å². The summed E-state index contributed by atoms with van der Waals surface area (Å²) >= 11 is 0. The second-order valence-corrected chi connectivity index (χ2v) is 6.70. The quantitative estimate of drug-likeness (QED) is 0.283. The standard InChI is InChI=1S/C20H18N8O3/c21-13-4-5-15-14(7-13)18(29)27-17(26-15)20(31)23-9-12-3-1-2-11(6-12)8-22-19(30)16-24-10-25-28-16/h1-7,10H,8-9,21H2,(H,22,30)(H,23,31)(H,24,25,28)(H,26,27,29). The fourth-order valence-corrected chi connectivity index (χ4v) is 2.96. The molecule has 0 aliphatic rings. The molecule has 4 aromatic rings. The summed E-state index contributed by atoms with van der Waals surface area (Å²) in [5.41, 5.74) is 7.72. The normalized spacial score (nSPS) is 10.7. The molecule has 2 amide bonds. The maximum atomic E-state index is 12.5. The Hall–Kier alpha value is -4.54. The van der Waals surface area contributed by atoms with Crippen LogP contribution >= 0.6 is 0 Å². The third-order valence-electron chi connectivity index (χ3n) is 4.46. The fraction of sp³-hybridized carbons (Fsp3) is 0.100. The van der Waals surface area contributed by atoms with E-state index < -0.39 is 17.4 Å². The smallest absolute Gasteiger partial charge is 0.291 e. The Bertz CT molecular complexity index is 1310. The number of benzene rings is 2. The minimum Gasteiger partial charge on any atom is -0.399 e. The van der Waals surface area contributed by atoms with Gasteiger partial charge in [-0.1, -0.05) is 24.3 Å². The van der Waals surface area contributed by atoms with Crippen LogP contribution in [0.3, 0.4) is 0 Å². The second-order valence-electron chi connectivity index (χ2n) is 6.70. The number of H-pyrrole nitrogens is 2. The van der Waals surface area contributed by atoms with Crippen LogP contribution in [0.2, 0.25) is 0 Å². The van der Waals surface area contributed by atoms with Crippen LogP contribution in [0.5, 0.6) is 0 Å². The van der Waals surface area contributed by atoms with Gasteiger partial charge in [0.05, 0.1) is 10.9 Å². The number of amides is 2. The number of hydrogen-bond acceptors (Lipinski definition) is 7. The molecule has 0 unspecified atom stereocenters. The number of carbonyl (C=O) groups is 2. The van der Waals surface area contributed by atoms with Gasteiger partial charge in [-0.3, -0.25) is 19.5 Å². The number of nitrogen functional groups attached to an aromatic ring is 1. The molecule has 2 aromatic heterocycles. The number of carbonyl (C=O) groups excluding carboxylic acids is 2. The van der Waals surface area contributed by atoms with E-state index in [-0.39, 0.29) is 24.7 Å². The van der Waals surface area contributed by atoms with Crippen molar-refractivity contribution in [3.05, 3.63) is 81.9 Å². The number of aromatic amines is 2. The minimum atomic E-state index is -0.515. The van der Waals surface area contributed by atoms with Crippen LogP contribution in [0.15, 0.2) is 53.6 Å². The van der Waals surface area contributed by atoms with Gasteiger partial charge in [0.2, 0.25) is 5.82 Å². The first-order valence-corrected chi connectivity index (χ1v) is 9.29. The monoisotopic (exact) mass is 418 g/mol. The predicted octanol–water partition coefficient (Wildman–Crippen LogP) is 0.483. The highest BCUT2D eigenvalue weighted by Gasteiger charge is 2.12. The number of nitrogens with zero attached hydrogens (tertiary/aromatic N) is 3. The third kappa shape index (κ3) is 4.56. The maximum absolute atomic E-state index is 12.5. The highest BCUT2D eigenvalue weighted by Crippen LogP contribution is 2.11. The lowest BCUT2D eigenvalue weighted by atomic mass is 10.1. The lowest BCUT2D eigenvalue weighted by molar-refractivity contribution is 0.0933. The molecule has 0 saturated carbocycles. The van der Waals surface area contributed by atoms with Gasteiger partial charge in [0.1, 0.15) is 6.33 Å². The van der Waals surface area contributed by atoms with Crippen LogP contribution in [0, 0.1) is 0 Å². The van der Waals surface area contributed by atoms with Crippen molar-refractivity contribution in [3.63, 3.8) is 0 Å². The summed E-state index contributed by atoms with van der Waals surface area (Å²) in [5, 5.41) is 12.0. The third-order valence-corrected chi connectivity index (χ3v) is 4.46. The van der Waals surface area contributed by atoms with Crippen molar-refractivity contribution >= 4 is 28.4 Å². The van der Waals surface area contributed by atoms with Crippen LogP contribution in [-0.2, 0) is 13.1 Å². The number of fused-ring (bicyclic) bond motifs is 1. The molecule has 0 aliphatic carbocycles. The van der Waals surface area contributed by atoms with E-state index >= 15 is 0 Å². The minimum absolute atomic E-state index is 0.0583. The van der Waals surface area contributed by atoms with E-state index in [0.29, 0.717) is 16.6 Å². The van der Waals surface area contributed by atoms with Gasteiger partial charge in [0.15, 0.2) is 5.82 Å². The zero-order valence-electron chi connectivity index (χ0n) is 16.2. The van der Waals surface area contributed by atoms with E-state index in [1.807, 2.05) is 24.3 Å². The van der Waals surface area contributed by atoms with Gasteiger partial charge in [-0.2, -0.15) is 0 Å². The molecule has 6 N–H and O–H groups in total. The summed E-state index contributed by atoms with van der Waals surface area (Å²) in [5.74, 6) is -0.938. The van der Waals surface area contributed by atoms with E-state index in [4.69, 9.17) is 5.73 Å². The summed E-state index contributed by atoms with van der Waals surface area (Å²) in [4.78, 5) is 47.1. The van der Waals surface area contributed by atoms with E-state index in [0.717, 1.165) is 11.1 Å². The molecule has 2 heterocycles. The lowest BCUT2D eigenvalue weighted by Gasteiger charge is -2.08. The van der Waals surface area contributed by atoms with E-state index in [2.05, 4.69) is 35.8 Å². The summed E-state index contributed by atoms with van der Waals surface area (Å²) in [6, 6.07) is 12.1. The van der Waals surface area contributed by atoms with Gasteiger partial charge >= 0.3 is 0 Å². The Morgan fingerprint density at radius 3 is 2.45 bits per heavy atom. The molecule has 2 aromatic carbocycles. The average Bonchev–Trinajstić information content (AvgIpc) is 3.31. The Labute approximate surface area is 175 Å². The van der Waals surface area contributed by atoms with Crippen molar-refractivity contribution in [2.45, 2.75) is 13.1 Å². The van der Waals surface area contributed by atoms with Crippen molar-refractivity contribution < 1.29 is 9.59 Å². The number of aromatic nitrogens is 5. The van der Waals surface area contributed by atoms with Gasteiger partial charge in [-0.25, -0.2) is 9.97 Å². The Kier molecular flexibility index (Phi) is 5.39. The SMILES string of the molecule is Nc1ccc2nc(C(=O)NCc3cccc(CNC(=O)c4nc[nH]n4)c3)[nH]c(=O)c2c1. The molecule has 0 radical (unpaired) electrons. The zero-order chi connectivity index (χ0) is 21.8. The van der Waals surface area contributed by atoms with Crippen molar-refractivity contribution in [2.75, 3.05) is 5.73 Å². The Balaban J connectivity index is 1.40. The molecule has 0 bridgehead atoms. The predicted molar refractivity (Wildman–Crippen MR) is 112 cm³/mol. The molecule has 0 saturated heterocycles. The molecule has 0 aliphatic heterocycles. The maximum Gasteiger partial charge on any atom is 0.291 e. The summed E-state index contributed by atoms with van der Waals surface area (Å²) in [6.45, 7) is 0.489. The molecule has 11 nitrogen and oxygen atoms in total. The Morgan fingerprint density at radius 2 is 1.74 bits per heavy atom. The highest BCUT2D eigenvalue weighted by molar-refractivity contribution is 5.93. The van der Waals surface area contributed by atoms with Crippen molar-refractivity contribution in [3.8, 4) is 0 Å². The van der Waals surface area contributed by atoms with E-state index in [9.17, 15) is 14.4 Å². The molecular formula is C20H18N8O3. The highest BCUT2D eigenvalue weighted by atomic mass is 16.2. The van der Waals surface area contributed by atoms with Crippen molar-refractivity contribution in [1.29, 1.82) is 0 Å². The summed E-state index contributed by atoms with van der Waals surface area (Å²) in [7, 11) is 0. The van der Waals surface area contributed by atoms with Crippen molar-refractivity contribution in [1.82, 2.24) is 35.8 Å². The average molecular weight is 418 g/mol. The van der Waals surface area contributed by atoms with E-state index in [1.54, 1.807) is 12.1 Å². The number of rotatable bonds is 6. The summed E-state index contributed by atoms with van der Waals surface area (Å²) < 4.78 is 0. The van der Waals surface area contributed by atoms with Gasteiger partial charge in [0.25, 0.3) is 17.4 Å². The van der Waals surface area contributed by atoms with Crippen molar-refractivity contribution in [2.24, 2.45) is 0 Å². The van der Waals surface area contributed by atoms with Gasteiger partial charge in [-0.05, 0) is 29.3 Å². The van der Waals surface area contributed by atoms with Crippen LogP contribution in [0.25, 0.3) is 10.9 Å². The first-order chi connectivity index (χ1) is 15.0. The van der Waals surface area contributed by atoms with Crippen LogP contribution in [-0.4, -0.2) is 37.0 Å². The van der Waals surface area contributed by atoms with Crippen LogP contribution < -0.4 is 21.9 Å². The number of nitrogens with two attached hydrogens (primary N) is 1. The molecular weight excluding hydrogens is 400 g/mol. The van der Waals surface area contributed by atoms with Gasteiger partial charge in [-0.15, -0.1) is 5.10 Å². The zero-order valence-corrected chi connectivity index (χ0v) is 16.2. The van der Waals surface area contributed by atoms with Crippen LogP contribution in [0.1, 0.15) is 32.4 Å². The second kappa shape index (κ2) is 8.45. The molecule has 31 heavy (non-hydrogen) atoms. The topological polar surface area (TPSA) is 172 Å². The molecule has 11 heteroatoms. The number of hydrogen-bond donors (Lipinski definition) is 5. The van der Waals surface area contributed by atoms with E-state index in [1.165, 1.54) is 12.4 Å². The summed E-state index contributed by atoms with van der Waals surface area (Å²) in [6.07, 6.45) is 1.32. The number of nitrogens with one attached hydrogen (secondary N) is 4. The molecule has 0 atom stereocenters. The fourth-order valence-electron chi connectivity index (χ4n) is 2.96. The number of anilines is 1. The first kappa shape index (κ1) is 19.8. The molecule has 4 rings (SSSR count). The Morgan fingerprint density at radius 1 is 1.00 bits per heavy atom. The van der Waals surface area contributed by atoms with Gasteiger partial charge in [0, 0.05) is 18.8 Å². The molecule has 0 spiro atoms. The van der Waals surface area contributed by atoms with Crippen LogP contribution in [0.4, 0.5) is 5.69 Å². The first-order valence-electron chi connectivity index (χ1n) is 9.29. The lowest BCUT2D eigenvalue weighted by Crippen LogP contribution is -2.27. The molecule has 0 fully saturated rings. The molecule has 156 valence electrons. The largest absolute Gasteiger partial charge is 0.399 e.